The number of nitrogens with one attached hydrogen (secondary N) is 1. The topological polar surface area (TPSA) is 46.5 Å². The Morgan fingerprint density at radius 2 is 2.06 bits per heavy atom. The molecule has 0 saturated heterocycles. The number of hydroxylamine groups is 1. The Kier molecular flexibility index (Phi) is 2.42. The summed E-state index contributed by atoms with van der Waals surface area (Å²) < 4.78 is 0. The van der Waals surface area contributed by atoms with Crippen LogP contribution in [0.2, 0.25) is 0 Å². The standard InChI is InChI=1S/C12H15N3O/c1-8-14-11(15-16-8)9-5-6-10(13-7-9)12(2,3)4/h5-7H,1H2,2-4H3,(H,14,15). The van der Waals surface area contributed by atoms with E-state index in [1.165, 1.54) is 0 Å². The summed E-state index contributed by atoms with van der Waals surface area (Å²) in [6, 6.07) is 3.97. The van der Waals surface area contributed by atoms with Crippen LogP contribution in [0.3, 0.4) is 0 Å². The minimum atomic E-state index is 0.0591. The summed E-state index contributed by atoms with van der Waals surface area (Å²) in [6.07, 6.45) is 1.79. The van der Waals surface area contributed by atoms with E-state index in [2.05, 4.69) is 42.8 Å². The highest BCUT2D eigenvalue weighted by Gasteiger charge is 2.17. The summed E-state index contributed by atoms with van der Waals surface area (Å²) in [4.78, 5) is 13.5. The number of pyridine rings is 1. The molecule has 1 aromatic rings. The predicted molar refractivity (Wildman–Crippen MR) is 62.8 cm³/mol. The van der Waals surface area contributed by atoms with Crippen molar-refractivity contribution in [2.45, 2.75) is 26.2 Å². The summed E-state index contributed by atoms with van der Waals surface area (Å²) in [5.74, 6) is 1.02. The molecule has 4 heteroatoms. The van der Waals surface area contributed by atoms with Gasteiger partial charge in [0.15, 0.2) is 5.84 Å². The summed E-state index contributed by atoms with van der Waals surface area (Å²) in [6.45, 7) is 9.98. The van der Waals surface area contributed by atoms with Crippen LogP contribution < -0.4 is 5.48 Å². The number of amidine groups is 1. The summed E-state index contributed by atoms with van der Waals surface area (Å²) in [5.41, 5.74) is 4.70. The molecule has 1 aliphatic heterocycles. The van der Waals surface area contributed by atoms with Crippen LogP contribution in [0.25, 0.3) is 0 Å². The molecule has 0 aliphatic carbocycles. The lowest BCUT2D eigenvalue weighted by atomic mass is 9.91. The van der Waals surface area contributed by atoms with E-state index in [9.17, 15) is 0 Å². The summed E-state index contributed by atoms with van der Waals surface area (Å²) in [5, 5.41) is 0. The monoisotopic (exact) mass is 217 g/mol. The van der Waals surface area contributed by atoms with Gasteiger partial charge in [-0.2, -0.15) is 4.99 Å². The van der Waals surface area contributed by atoms with E-state index < -0.39 is 0 Å². The minimum Gasteiger partial charge on any atom is -0.361 e. The zero-order chi connectivity index (χ0) is 11.8. The van der Waals surface area contributed by atoms with E-state index in [1.54, 1.807) is 6.20 Å². The first-order valence-electron chi connectivity index (χ1n) is 5.14. The van der Waals surface area contributed by atoms with Gasteiger partial charge in [0.1, 0.15) is 0 Å². The van der Waals surface area contributed by atoms with Gasteiger partial charge in [-0.25, -0.2) is 5.48 Å². The second kappa shape index (κ2) is 3.63. The van der Waals surface area contributed by atoms with Crippen molar-refractivity contribution >= 4 is 5.84 Å². The largest absolute Gasteiger partial charge is 0.361 e. The van der Waals surface area contributed by atoms with Crippen LogP contribution in [0.1, 0.15) is 32.0 Å². The maximum Gasteiger partial charge on any atom is 0.240 e. The van der Waals surface area contributed by atoms with Crippen molar-refractivity contribution in [2.24, 2.45) is 4.99 Å². The number of hydrogen-bond acceptors (Lipinski definition) is 4. The van der Waals surface area contributed by atoms with Gasteiger partial charge in [-0.1, -0.05) is 20.8 Å². The Hall–Kier alpha value is -1.84. The van der Waals surface area contributed by atoms with Crippen molar-refractivity contribution in [3.05, 3.63) is 42.0 Å². The van der Waals surface area contributed by atoms with E-state index >= 15 is 0 Å². The molecule has 0 saturated carbocycles. The van der Waals surface area contributed by atoms with Crippen LogP contribution in [0, 0.1) is 0 Å². The molecule has 0 atom stereocenters. The van der Waals surface area contributed by atoms with E-state index in [1.807, 2.05) is 12.1 Å². The van der Waals surface area contributed by atoms with Gasteiger partial charge in [-0.05, 0) is 18.7 Å². The van der Waals surface area contributed by atoms with Gasteiger partial charge < -0.3 is 4.84 Å². The Morgan fingerprint density at radius 3 is 2.50 bits per heavy atom. The van der Waals surface area contributed by atoms with Gasteiger partial charge in [0.25, 0.3) is 0 Å². The van der Waals surface area contributed by atoms with Gasteiger partial charge >= 0.3 is 0 Å². The molecule has 2 heterocycles. The molecule has 4 nitrogen and oxygen atoms in total. The highest BCUT2D eigenvalue weighted by molar-refractivity contribution is 5.99. The van der Waals surface area contributed by atoms with Crippen molar-refractivity contribution in [3.8, 4) is 0 Å². The molecular formula is C12H15N3O. The first-order chi connectivity index (χ1) is 7.47. The van der Waals surface area contributed by atoms with Gasteiger partial charge in [0, 0.05) is 22.9 Å². The molecular weight excluding hydrogens is 202 g/mol. The van der Waals surface area contributed by atoms with E-state index in [4.69, 9.17) is 4.84 Å². The van der Waals surface area contributed by atoms with Crippen molar-refractivity contribution in [3.63, 3.8) is 0 Å². The normalized spacial score (nSPS) is 15.4. The first kappa shape index (κ1) is 10.7. The van der Waals surface area contributed by atoms with Crippen LogP contribution in [0.4, 0.5) is 0 Å². The molecule has 0 radical (unpaired) electrons. The molecule has 0 spiro atoms. The van der Waals surface area contributed by atoms with Crippen molar-refractivity contribution < 1.29 is 4.84 Å². The van der Waals surface area contributed by atoms with E-state index in [-0.39, 0.29) is 5.41 Å². The average Bonchev–Trinajstić information content (AvgIpc) is 2.64. The Morgan fingerprint density at radius 1 is 1.31 bits per heavy atom. The fourth-order valence-corrected chi connectivity index (χ4v) is 1.38. The number of aliphatic imine (C=N–C) groups is 1. The van der Waals surface area contributed by atoms with Crippen LogP contribution >= 0.6 is 0 Å². The molecule has 16 heavy (non-hydrogen) atoms. The second-order valence-electron chi connectivity index (χ2n) is 4.74. The third kappa shape index (κ3) is 2.05. The zero-order valence-electron chi connectivity index (χ0n) is 9.74. The molecule has 0 amide bonds. The van der Waals surface area contributed by atoms with Crippen LogP contribution in [0.15, 0.2) is 35.8 Å². The van der Waals surface area contributed by atoms with E-state index in [0.717, 1.165) is 11.3 Å². The number of rotatable bonds is 1. The molecule has 2 rings (SSSR count). The Labute approximate surface area is 95.0 Å². The molecule has 0 fully saturated rings. The van der Waals surface area contributed by atoms with Gasteiger partial charge in [0.2, 0.25) is 5.88 Å². The van der Waals surface area contributed by atoms with Crippen molar-refractivity contribution in [1.29, 1.82) is 0 Å². The maximum atomic E-state index is 4.94. The van der Waals surface area contributed by atoms with Gasteiger partial charge in [-0.15, -0.1) is 0 Å². The summed E-state index contributed by atoms with van der Waals surface area (Å²) in [7, 11) is 0. The zero-order valence-corrected chi connectivity index (χ0v) is 9.74. The number of hydrogen-bond donors (Lipinski definition) is 1. The van der Waals surface area contributed by atoms with Crippen LogP contribution in [0.5, 0.6) is 0 Å². The SMILES string of the molecule is C=C1N=C(c2ccc(C(C)(C)C)nc2)NO1. The lowest BCUT2D eigenvalue weighted by Gasteiger charge is -2.17. The maximum absolute atomic E-state index is 4.94. The van der Waals surface area contributed by atoms with Crippen molar-refractivity contribution in [1.82, 2.24) is 10.5 Å². The van der Waals surface area contributed by atoms with Crippen LogP contribution in [-0.2, 0) is 10.3 Å². The lowest BCUT2D eigenvalue weighted by Crippen LogP contribution is -2.19. The Bertz CT molecular complexity index is 440. The molecule has 1 aromatic heterocycles. The quantitative estimate of drug-likeness (QED) is 0.783. The lowest BCUT2D eigenvalue weighted by molar-refractivity contribution is 0.179. The van der Waals surface area contributed by atoms with E-state index in [0.29, 0.717) is 11.7 Å². The fraction of sp³-hybridized carbons (Fsp3) is 0.333. The summed E-state index contributed by atoms with van der Waals surface area (Å²) >= 11 is 0. The van der Waals surface area contributed by atoms with Gasteiger partial charge in [-0.3, -0.25) is 4.98 Å². The number of aromatic nitrogens is 1. The fourth-order valence-electron chi connectivity index (χ4n) is 1.38. The second-order valence-corrected chi connectivity index (χ2v) is 4.74. The molecule has 84 valence electrons. The highest BCUT2D eigenvalue weighted by atomic mass is 16.7. The predicted octanol–water partition coefficient (Wildman–Crippen LogP) is 2.13. The molecule has 1 aliphatic rings. The average molecular weight is 217 g/mol. The highest BCUT2D eigenvalue weighted by Crippen LogP contribution is 2.20. The number of nitrogens with zero attached hydrogens (tertiary/aromatic N) is 2. The Balaban J connectivity index is 2.27. The molecule has 0 unspecified atom stereocenters. The first-order valence-corrected chi connectivity index (χ1v) is 5.14. The third-order valence-electron chi connectivity index (χ3n) is 2.31. The van der Waals surface area contributed by atoms with Gasteiger partial charge in [0.05, 0.1) is 0 Å². The molecule has 1 N–H and O–H groups in total. The molecule has 0 aromatic carbocycles. The molecule has 0 bridgehead atoms. The smallest absolute Gasteiger partial charge is 0.240 e. The third-order valence-corrected chi connectivity index (χ3v) is 2.31. The van der Waals surface area contributed by atoms with Crippen LogP contribution in [-0.4, -0.2) is 10.8 Å². The van der Waals surface area contributed by atoms with Crippen molar-refractivity contribution in [2.75, 3.05) is 0 Å². The minimum absolute atomic E-state index is 0.0591.